The van der Waals surface area contributed by atoms with Crippen LogP contribution in [0.25, 0.3) is 11.1 Å². The molecule has 9 heteroatoms. The number of halogens is 3. The number of nitrogens with zero attached hydrogens (tertiary/aromatic N) is 1. The van der Waals surface area contributed by atoms with Gasteiger partial charge in [-0.2, -0.15) is 5.26 Å². The number of rotatable bonds is 6. The standard InChI is InChI=1S/C21H21F3N2O3S/c1-30(27,28)26-20-8-9-21(23,24)11-16(20)13-29-18-5-2-14(3-6-18)19-7-4-17(22)10-15(19)12-25/h2-7,10,16,20,26H,8-9,11,13H2,1H3/t16-,20+/m1/s1. The SMILES string of the molecule is CS(=O)(=O)N[C@H]1CCC(F)(F)C[C@@H]1COc1ccc(-c2ccc(F)cc2C#N)cc1. The summed E-state index contributed by atoms with van der Waals surface area (Å²) in [6.07, 6.45) is 0.208. The van der Waals surface area contributed by atoms with E-state index in [1.807, 2.05) is 6.07 Å². The van der Waals surface area contributed by atoms with E-state index in [0.717, 1.165) is 12.3 Å². The molecule has 0 radical (unpaired) electrons. The van der Waals surface area contributed by atoms with E-state index in [2.05, 4.69) is 4.72 Å². The molecule has 5 nitrogen and oxygen atoms in total. The Morgan fingerprint density at radius 3 is 2.57 bits per heavy atom. The number of nitrogens with one attached hydrogen (secondary N) is 1. The lowest BCUT2D eigenvalue weighted by atomic mass is 9.83. The van der Waals surface area contributed by atoms with E-state index in [9.17, 15) is 26.9 Å². The zero-order valence-corrected chi connectivity index (χ0v) is 17.1. The van der Waals surface area contributed by atoms with Gasteiger partial charge in [0.2, 0.25) is 15.9 Å². The smallest absolute Gasteiger partial charge is 0.248 e. The molecule has 2 aromatic carbocycles. The molecule has 1 aliphatic rings. The van der Waals surface area contributed by atoms with Gasteiger partial charge < -0.3 is 4.74 Å². The highest BCUT2D eigenvalue weighted by Gasteiger charge is 2.42. The second-order valence-electron chi connectivity index (χ2n) is 7.49. The predicted molar refractivity (Wildman–Crippen MR) is 106 cm³/mol. The maximum atomic E-state index is 13.8. The van der Waals surface area contributed by atoms with Crippen LogP contribution in [0.2, 0.25) is 0 Å². The fourth-order valence-corrected chi connectivity index (χ4v) is 4.49. The van der Waals surface area contributed by atoms with Crippen molar-refractivity contribution in [2.24, 2.45) is 5.92 Å². The van der Waals surface area contributed by atoms with Crippen molar-refractivity contribution in [2.45, 2.75) is 31.2 Å². The summed E-state index contributed by atoms with van der Waals surface area (Å²) < 4.78 is 72.2. The quantitative estimate of drug-likeness (QED) is 0.737. The van der Waals surface area contributed by atoms with E-state index < -0.39 is 40.1 Å². The summed E-state index contributed by atoms with van der Waals surface area (Å²) in [4.78, 5) is 0. The van der Waals surface area contributed by atoms with Crippen LogP contribution in [0.15, 0.2) is 42.5 Å². The van der Waals surface area contributed by atoms with Crippen LogP contribution in [0.1, 0.15) is 24.8 Å². The number of nitriles is 1. The van der Waals surface area contributed by atoms with Crippen molar-refractivity contribution in [2.75, 3.05) is 12.9 Å². The van der Waals surface area contributed by atoms with Gasteiger partial charge in [0.1, 0.15) is 11.6 Å². The normalized spacial score (nSPS) is 21.0. The van der Waals surface area contributed by atoms with Crippen molar-refractivity contribution in [3.63, 3.8) is 0 Å². The van der Waals surface area contributed by atoms with Gasteiger partial charge in [0.05, 0.1) is 24.5 Å². The van der Waals surface area contributed by atoms with E-state index >= 15 is 0 Å². The van der Waals surface area contributed by atoms with Crippen LogP contribution in [0.5, 0.6) is 5.75 Å². The Kier molecular flexibility index (Phi) is 6.38. The van der Waals surface area contributed by atoms with Crippen LogP contribution in [0.3, 0.4) is 0 Å². The van der Waals surface area contributed by atoms with Crippen molar-refractivity contribution < 1.29 is 26.3 Å². The summed E-state index contributed by atoms with van der Waals surface area (Å²) >= 11 is 0. The van der Waals surface area contributed by atoms with Gasteiger partial charge in [-0.15, -0.1) is 0 Å². The Hall–Kier alpha value is -2.57. The van der Waals surface area contributed by atoms with Gasteiger partial charge in [-0.1, -0.05) is 18.2 Å². The van der Waals surface area contributed by atoms with Crippen LogP contribution >= 0.6 is 0 Å². The molecule has 1 N–H and O–H groups in total. The lowest BCUT2D eigenvalue weighted by Crippen LogP contribution is -2.48. The molecular weight excluding hydrogens is 417 g/mol. The zero-order valence-electron chi connectivity index (χ0n) is 16.2. The van der Waals surface area contributed by atoms with E-state index in [0.29, 0.717) is 16.9 Å². The second kappa shape index (κ2) is 8.66. The maximum Gasteiger partial charge on any atom is 0.248 e. The molecule has 1 fully saturated rings. The molecule has 1 saturated carbocycles. The minimum absolute atomic E-state index is 0.0362. The molecule has 2 aromatic rings. The molecule has 30 heavy (non-hydrogen) atoms. The van der Waals surface area contributed by atoms with Gasteiger partial charge in [-0.05, 0) is 41.8 Å². The van der Waals surface area contributed by atoms with Crippen molar-refractivity contribution in [3.05, 3.63) is 53.8 Å². The van der Waals surface area contributed by atoms with Crippen LogP contribution in [-0.4, -0.2) is 33.2 Å². The summed E-state index contributed by atoms with van der Waals surface area (Å²) in [5.74, 6) is -3.61. The molecule has 0 aromatic heterocycles. The highest BCUT2D eigenvalue weighted by molar-refractivity contribution is 7.88. The molecule has 0 bridgehead atoms. The second-order valence-corrected chi connectivity index (χ2v) is 9.27. The number of sulfonamides is 1. The fourth-order valence-electron chi connectivity index (χ4n) is 3.63. The molecule has 0 heterocycles. The van der Waals surface area contributed by atoms with Crippen molar-refractivity contribution in [1.29, 1.82) is 5.26 Å². The minimum Gasteiger partial charge on any atom is -0.493 e. The first-order valence-electron chi connectivity index (χ1n) is 9.34. The van der Waals surface area contributed by atoms with E-state index in [1.54, 1.807) is 24.3 Å². The molecule has 0 saturated heterocycles. The largest absolute Gasteiger partial charge is 0.493 e. The van der Waals surface area contributed by atoms with Crippen molar-refractivity contribution >= 4 is 10.0 Å². The minimum atomic E-state index is -3.53. The zero-order chi connectivity index (χ0) is 21.9. The number of benzene rings is 2. The van der Waals surface area contributed by atoms with E-state index in [1.165, 1.54) is 12.1 Å². The van der Waals surface area contributed by atoms with Crippen LogP contribution in [-0.2, 0) is 10.0 Å². The fraction of sp³-hybridized carbons (Fsp3) is 0.381. The summed E-state index contributed by atoms with van der Waals surface area (Å²) in [5, 5.41) is 9.18. The molecular formula is C21H21F3N2O3S. The van der Waals surface area contributed by atoms with Gasteiger partial charge in [-0.3, -0.25) is 0 Å². The van der Waals surface area contributed by atoms with Crippen LogP contribution in [0, 0.1) is 23.1 Å². The van der Waals surface area contributed by atoms with E-state index in [4.69, 9.17) is 4.74 Å². The topological polar surface area (TPSA) is 79.2 Å². The molecule has 0 amide bonds. The van der Waals surface area contributed by atoms with Gasteiger partial charge >= 0.3 is 0 Å². The number of ether oxygens (including phenoxy) is 1. The summed E-state index contributed by atoms with van der Waals surface area (Å²) in [6.45, 7) is -0.0673. The number of hydrogen-bond acceptors (Lipinski definition) is 4. The highest BCUT2D eigenvalue weighted by atomic mass is 32.2. The number of alkyl halides is 2. The number of hydrogen-bond donors (Lipinski definition) is 1. The van der Waals surface area contributed by atoms with Gasteiger partial charge in [0, 0.05) is 24.8 Å². The first-order valence-corrected chi connectivity index (χ1v) is 11.2. The lowest BCUT2D eigenvalue weighted by molar-refractivity contribution is -0.0660. The predicted octanol–water partition coefficient (Wildman–Crippen LogP) is 4.10. The Bertz CT molecular complexity index is 1050. The molecule has 2 atom stereocenters. The first kappa shape index (κ1) is 22.1. The third-order valence-corrected chi connectivity index (χ3v) is 5.78. The summed E-state index contributed by atoms with van der Waals surface area (Å²) in [7, 11) is -3.53. The van der Waals surface area contributed by atoms with Crippen LogP contribution in [0.4, 0.5) is 13.2 Å². The van der Waals surface area contributed by atoms with Gasteiger partial charge in [-0.25, -0.2) is 26.3 Å². The third kappa shape index (κ3) is 5.74. The molecule has 0 spiro atoms. The average Bonchev–Trinajstić information content (AvgIpc) is 2.67. The van der Waals surface area contributed by atoms with Crippen LogP contribution < -0.4 is 9.46 Å². The van der Waals surface area contributed by atoms with Crippen molar-refractivity contribution in [1.82, 2.24) is 4.72 Å². The summed E-state index contributed by atoms with van der Waals surface area (Å²) in [6, 6.07) is 11.9. The monoisotopic (exact) mass is 438 g/mol. The molecule has 0 aliphatic heterocycles. The maximum absolute atomic E-state index is 13.8. The summed E-state index contributed by atoms with van der Waals surface area (Å²) in [5.41, 5.74) is 1.44. The molecule has 160 valence electrons. The third-order valence-electron chi connectivity index (χ3n) is 5.05. The van der Waals surface area contributed by atoms with Crippen molar-refractivity contribution in [3.8, 4) is 22.9 Å². The average molecular weight is 438 g/mol. The highest BCUT2D eigenvalue weighted by Crippen LogP contribution is 2.37. The van der Waals surface area contributed by atoms with Gasteiger partial charge in [0.15, 0.2) is 0 Å². The molecule has 1 aliphatic carbocycles. The Labute approximate surface area is 173 Å². The first-order chi connectivity index (χ1) is 14.1. The molecule has 0 unspecified atom stereocenters. The van der Waals surface area contributed by atoms with Gasteiger partial charge in [0.25, 0.3) is 0 Å². The Balaban J connectivity index is 1.71. The lowest BCUT2D eigenvalue weighted by Gasteiger charge is -2.35. The molecule has 3 rings (SSSR count). The Morgan fingerprint density at radius 1 is 1.23 bits per heavy atom. The van der Waals surface area contributed by atoms with E-state index in [-0.39, 0.29) is 25.0 Å². The Morgan fingerprint density at radius 2 is 1.93 bits per heavy atom.